The van der Waals surface area contributed by atoms with Crippen LogP contribution in [-0.2, 0) is 0 Å². The maximum absolute atomic E-state index is 9.57. The molecule has 1 aromatic rings. The Kier molecular flexibility index (Phi) is 4.57. The van der Waals surface area contributed by atoms with Crippen molar-refractivity contribution in [2.45, 2.75) is 6.42 Å². The van der Waals surface area contributed by atoms with Crippen molar-refractivity contribution in [3.8, 4) is 11.5 Å². The smallest absolute Gasteiger partial charge is 0.160 e. The van der Waals surface area contributed by atoms with Gasteiger partial charge in [0.2, 0.25) is 0 Å². The summed E-state index contributed by atoms with van der Waals surface area (Å²) in [5.74, 6) is 3.65. The molecular weight excluding hydrogens is 236 g/mol. The van der Waals surface area contributed by atoms with Gasteiger partial charge in [0.1, 0.15) is 0 Å². The Morgan fingerprint density at radius 2 is 2.24 bits per heavy atom. The summed E-state index contributed by atoms with van der Waals surface area (Å²) >= 11 is 1.93. The number of hydrogen-bond donors (Lipinski definition) is 2. The van der Waals surface area contributed by atoms with E-state index in [0.717, 1.165) is 12.2 Å². The van der Waals surface area contributed by atoms with Crippen molar-refractivity contribution in [2.75, 3.05) is 24.7 Å². The molecule has 1 fully saturated rings. The molecule has 1 aliphatic rings. The van der Waals surface area contributed by atoms with Gasteiger partial charge in [0, 0.05) is 12.5 Å². The lowest BCUT2D eigenvalue weighted by atomic mass is 9.93. The summed E-state index contributed by atoms with van der Waals surface area (Å²) in [6.45, 7) is 0.623. The normalized spacial score (nSPS) is 21.4. The van der Waals surface area contributed by atoms with Crippen molar-refractivity contribution in [3.63, 3.8) is 0 Å². The molecule has 0 radical (unpaired) electrons. The van der Waals surface area contributed by atoms with Gasteiger partial charge in [-0.15, -0.1) is 0 Å². The highest BCUT2D eigenvalue weighted by Gasteiger charge is 2.25. The predicted molar refractivity (Wildman–Crippen MR) is 69.6 cm³/mol. The zero-order valence-corrected chi connectivity index (χ0v) is 10.5. The SMILES string of the molecule is OCC(COc1ccccc1O)C1CCSC1. The number of phenolic OH excluding ortho intramolecular Hbond substituents is 1. The van der Waals surface area contributed by atoms with Crippen LogP contribution in [0.1, 0.15) is 6.42 Å². The van der Waals surface area contributed by atoms with Crippen LogP contribution in [0, 0.1) is 11.8 Å². The molecule has 0 spiro atoms. The van der Waals surface area contributed by atoms with Crippen molar-refractivity contribution in [3.05, 3.63) is 24.3 Å². The summed E-state index contributed by atoms with van der Waals surface area (Å²) in [4.78, 5) is 0. The minimum Gasteiger partial charge on any atom is -0.504 e. The monoisotopic (exact) mass is 254 g/mol. The number of benzene rings is 1. The number of aliphatic hydroxyl groups is 1. The van der Waals surface area contributed by atoms with Crippen LogP contribution in [0.25, 0.3) is 0 Å². The number of hydrogen-bond acceptors (Lipinski definition) is 4. The van der Waals surface area contributed by atoms with Gasteiger partial charge in [0.25, 0.3) is 0 Å². The molecule has 2 rings (SSSR count). The Morgan fingerprint density at radius 3 is 2.88 bits per heavy atom. The summed E-state index contributed by atoms with van der Waals surface area (Å²) in [6.07, 6.45) is 1.15. The van der Waals surface area contributed by atoms with Gasteiger partial charge >= 0.3 is 0 Å². The summed E-state index contributed by atoms with van der Waals surface area (Å²) in [7, 11) is 0. The number of thioether (sulfide) groups is 1. The second kappa shape index (κ2) is 6.17. The van der Waals surface area contributed by atoms with Crippen LogP contribution < -0.4 is 4.74 Å². The van der Waals surface area contributed by atoms with Crippen LogP contribution in [0.2, 0.25) is 0 Å². The molecule has 0 aromatic heterocycles. The highest BCUT2D eigenvalue weighted by Crippen LogP contribution is 2.31. The number of rotatable bonds is 5. The highest BCUT2D eigenvalue weighted by molar-refractivity contribution is 7.99. The predicted octanol–water partition coefficient (Wildman–Crippen LogP) is 2.13. The summed E-state index contributed by atoms with van der Waals surface area (Å²) in [5.41, 5.74) is 0. The highest BCUT2D eigenvalue weighted by atomic mass is 32.2. The molecule has 2 atom stereocenters. The lowest BCUT2D eigenvalue weighted by molar-refractivity contribution is 0.124. The molecule has 94 valence electrons. The van der Waals surface area contributed by atoms with E-state index in [1.54, 1.807) is 18.2 Å². The first-order valence-electron chi connectivity index (χ1n) is 5.90. The standard InChI is InChI=1S/C13H18O3S/c14-7-11(10-5-6-17-9-10)8-16-13-4-2-1-3-12(13)15/h1-4,10-11,14-15H,5-9H2. The van der Waals surface area contributed by atoms with Crippen LogP contribution in [0.15, 0.2) is 24.3 Å². The molecular formula is C13H18O3S. The van der Waals surface area contributed by atoms with Crippen molar-refractivity contribution >= 4 is 11.8 Å². The van der Waals surface area contributed by atoms with Crippen LogP contribution in [0.5, 0.6) is 11.5 Å². The zero-order chi connectivity index (χ0) is 12.1. The van der Waals surface area contributed by atoms with Crippen molar-refractivity contribution in [1.29, 1.82) is 0 Å². The Balaban J connectivity index is 1.89. The quantitative estimate of drug-likeness (QED) is 0.845. The Morgan fingerprint density at radius 1 is 1.41 bits per heavy atom. The Hall–Kier alpha value is -0.870. The molecule has 4 heteroatoms. The second-order valence-corrected chi connectivity index (χ2v) is 5.49. The largest absolute Gasteiger partial charge is 0.504 e. The Bertz CT molecular complexity index is 350. The molecule has 2 N–H and O–H groups in total. The topological polar surface area (TPSA) is 49.7 Å². The van der Waals surface area contributed by atoms with Gasteiger partial charge < -0.3 is 14.9 Å². The zero-order valence-electron chi connectivity index (χ0n) is 9.71. The molecule has 0 amide bonds. The lowest BCUT2D eigenvalue weighted by Gasteiger charge is -2.21. The first-order valence-corrected chi connectivity index (χ1v) is 7.06. The molecule has 1 saturated heterocycles. The van der Waals surface area contributed by atoms with Crippen molar-refractivity contribution in [1.82, 2.24) is 0 Å². The van der Waals surface area contributed by atoms with E-state index in [2.05, 4.69) is 0 Å². The van der Waals surface area contributed by atoms with Gasteiger partial charge in [-0.1, -0.05) is 12.1 Å². The van der Waals surface area contributed by atoms with Crippen LogP contribution in [0.4, 0.5) is 0 Å². The summed E-state index contributed by atoms with van der Waals surface area (Å²) in [5, 5.41) is 19.0. The van der Waals surface area contributed by atoms with Gasteiger partial charge in [0.15, 0.2) is 11.5 Å². The van der Waals surface area contributed by atoms with E-state index in [1.165, 1.54) is 5.75 Å². The first-order chi connectivity index (χ1) is 8.31. The summed E-state index contributed by atoms with van der Waals surface area (Å²) < 4.78 is 5.58. The Labute approximate surface area is 106 Å². The van der Waals surface area contributed by atoms with Gasteiger partial charge in [-0.05, 0) is 36.0 Å². The van der Waals surface area contributed by atoms with Gasteiger partial charge in [-0.2, -0.15) is 11.8 Å². The molecule has 0 saturated carbocycles. The minimum absolute atomic E-state index is 0.152. The fraction of sp³-hybridized carbons (Fsp3) is 0.538. The van der Waals surface area contributed by atoms with Crippen LogP contribution in [0.3, 0.4) is 0 Å². The number of ether oxygens (including phenoxy) is 1. The molecule has 1 aromatic carbocycles. The van der Waals surface area contributed by atoms with Gasteiger partial charge in [-0.25, -0.2) is 0 Å². The average molecular weight is 254 g/mol. The third-order valence-electron chi connectivity index (χ3n) is 3.18. The third-order valence-corrected chi connectivity index (χ3v) is 4.37. The number of para-hydroxylation sites is 2. The van der Waals surface area contributed by atoms with Crippen LogP contribution >= 0.6 is 11.8 Å². The van der Waals surface area contributed by atoms with E-state index >= 15 is 0 Å². The fourth-order valence-electron chi connectivity index (χ4n) is 2.04. The summed E-state index contributed by atoms with van der Waals surface area (Å²) in [6, 6.07) is 6.94. The average Bonchev–Trinajstić information content (AvgIpc) is 2.86. The number of aromatic hydroxyl groups is 1. The molecule has 1 aliphatic heterocycles. The molecule has 0 bridgehead atoms. The van der Waals surface area contributed by atoms with E-state index < -0.39 is 0 Å². The van der Waals surface area contributed by atoms with E-state index in [4.69, 9.17) is 4.74 Å². The van der Waals surface area contributed by atoms with Gasteiger partial charge in [0.05, 0.1) is 6.61 Å². The van der Waals surface area contributed by atoms with E-state index in [-0.39, 0.29) is 18.3 Å². The molecule has 3 nitrogen and oxygen atoms in total. The second-order valence-electron chi connectivity index (χ2n) is 4.35. The number of phenols is 1. The van der Waals surface area contributed by atoms with Crippen molar-refractivity contribution in [2.24, 2.45) is 11.8 Å². The third kappa shape index (κ3) is 3.30. The molecule has 17 heavy (non-hydrogen) atoms. The first kappa shape index (κ1) is 12.6. The van der Waals surface area contributed by atoms with E-state index in [9.17, 15) is 10.2 Å². The van der Waals surface area contributed by atoms with Gasteiger partial charge in [-0.3, -0.25) is 0 Å². The fourth-order valence-corrected chi connectivity index (χ4v) is 3.42. The molecule has 0 aliphatic carbocycles. The van der Waals surface area contributed by atoms with E-state index in [0.29, 0.717) is 18.3 Å². The molecule has 2 unspecified atom stereocenters. The van der Waals surface area contributed by atoms with Crippen molar-refractivity contribution < 1.29 is 14.9 Å². The minimum atomic E-state index is 0.152. The molecule has 1 heterocycles. The maximum atomic E-state index is 9.57. The van der Waals surface area contributed by atoms with Crippen LogP contribution in [-0.4, -0.2) is 34.9 Å². The maximum Gasteiger partial charge on any atom is 0.160 e. The van der Waals surface area contributed by atoms with E-state index in [1.807, 2.05) is 17.8 Å². The number of aliphatic hydroxyl groups excluding tert-OH is 1. The lowest BCUT2D eigenvalue weighted by Crippen LogP contribution is -2.25.